The molecule has 0 aliphatic rings. The number of benzene rings is 2. The number of H-pyrrole nitrogens is 1. The van der Waals surface area contributed by atoms with Crippen molar-refractivity contribution in [2.45, 2.75) is 39.8 Å². The molecular formula is C24H32FN3O3. The van der Waals surface area contributed by atoms with Crippen LogP contribution in [-0.4, -0.2) is 46.4 Å². The predicted octanol–water partition coefficient (Wildman–Crippen LogP) is 5.06. The molecule has 0 saturated carbocycles. The molecule has 0 spiro atoms. The van der Waals surface area contributed by atoms with Gasteiger partial charge in [0.25, 0.3) is 0 Å². The Morgan fingerprint density at radius 1 is 1.19 bits per heavy atom. The van der Waals surface area contributed by atoms with Crippen molar-refractivity contribution in [3.8, 4) is 16.9 Å². The third-order valence-corrected chi connectivity index (χ3v) is 4.54. The molecule has 3 rings (SSSR count). The van der Waals surface area contributed by atoms with Gasteiger partial charge in [-0.2, -0.15) is 0 Å². The maximum absolute atomic E-state index is 11.9. The number of alkyl halides is 1. The van der Waals surface area contributed by atoms with Crippen LogP contribution in [0.4, 0.5) is 4.39 Å². The summed E-state index contributed by atoms with van der Waals surface area (Å²) in [6, 6.07) is 14.5. The third kappa shape index (κ3) is 8.38. The van der Waals surface area contributed by atoms with Crippen LogP contribution in [0.5, 0.6) is 5.75 Å². The fraction of sp³-hybridized carbons (Fsp3) is 0.417. The van der Waals surface area contributed by atoms with Crippen molar-refractivity contribution >= 4 is 17.0 Å². The van der Waals surface area contributed by atoms with E-state index in [1.165, 1.54) is 6.42 Å². The van der Waals surface area contributed by atoms with E-state index in [0.717, 1.165) is 60.8 Å². The van der Waals surface area contributed by atoms with Crippen molar-refractivity contribution in [2.75, 3.05) is 19.7 Å². The second kappa shape index (κ2) is 11.5. The first kappa shape index (κ1) is 24.3. The lowest BCUT2D eigenvalue weighted by molar-refractivity contribution is -0.148. The Kier molecular flexibility index (Phi) is 9.00. The van der Waals surface area contributed by atoms with Crippen LogP contribution in [0.15, 0.2) is 48.8 Å². The molecule has 0 bridgehead atoms. The van der Waals surface area contributed by atoms with E-state index >= 15 is 0 Å². The Bertz CT molecular complexity index is 964. The highest BCUT2D eigenvalue weighted by Gasteiger charge is 2.24. The maximum Gasteiger partial charge on any atom is 0.340 e. The van der Waals surface area contributed by atoms with Gasteiger partial charge in [-0.05, 0) is 68.1 Å². The molecule has 3 N–H and O–H groups in total. The molecule has 31 heavy (non-hydrogen) atoms. The van der Waals surface area contributed by atoms with Crippen LogP contribution in [0.25, 0.3) is 22.2 Å². The van der Waals surface area contributed by atoms with Gasteiger partial charge in [0.05, 0.1) is 17.4 Å². The Hall–Kier alpha value is -2.93. The molecule has 1 heterocycles. The molecule has 0 unspecified atom stereocenters. The molecule has 0 radical (unpaired) electrons. The summed E-state index contributed by atoms with van der Waals surface area (Å²) >= 11 is 0. The van der Waals surface area contributed by atoms with Gasteiger partial charge in [-0.25, -0.2) is 14.2 Å². The number of fused-ring (bicyclic) bond motifs is 1. The number of hydrogen-bond donors (Lipinski definition) is 3. The lowest BCUT2D eigenvalue weighted by atomic mass is 10.0. The number of nitrogens with zero attached hydrogens (tertiary/aromatic N) is 1. The first-order chi connectivity index (χ1) is 14.7. The molecule has 0 amide bonds. The van der Waals surface area contributed by atoms with Crippen molar-refractivity contribution < 1.29 is 19.0 Å². The zero-order chi connectivity index (χ0) is 22.9. The van der Waals surface area contributed by atoms with E-state index in [4.69, 9.17) is 9.84 Å². The number of aromatic amines is 1. The first-order valence-electron chi connectivity index (χ1n) is 10.5. The molecule has 3 aromatic rings. The molecule has 0 atom stereocenters. The molecule has 1 aromatic heterocycles. The molecule has 0 saturated heterocycles. The fourth-order valence-corrected chi connectivity index (χ4v) is 2.64. The zero-order valence-corrected chi connectivity index (χ0v) is 18.6. The van der Waals surface area contributed by atoms with E-state index in [1.54, 1.807) is 6.33 Å². The maximum atomic E-state index is 11.9. The lowest BCUT2D eigenvalue weighted by Gasteiger charge is -2.10. The highest BCUT2D eigenvalue weighted by molar-refractivity contribution is 5.81. The Labute approximate surface area is 182 Å². The number of imidazole rings is 1. The number of carboxylic acids is 1. The average Bonchev–Trinajstić information content (AvgIpc) is 3.18. The van der Waals surface area contributed by atoms with Gasteiger partial charge in [0, 0.05) is 6.54 Å². The van der Waals surface area contributed by atoms with Crippen LogP contribution in [0.2, 0.25) is 0 Å². The quantitative estimate of drug-likeness (QED) is 0.414. The topological polar surface area (TPSA) is 87.2 Å². The van der Waals surface area contributed by atoms with E-state index in [1.807, 2.05) is 18.2 Å². The number of aliphatic carboxylic acids is 1. The summed E-state index contributed by atoms with van der Waals surface area (Å²) in [7, 11) is 0. The zero-order valence-electron chi connectivity index (χ0n) is 18.6. The smallest absolute Gasteiger partial charge is 0.340 e. The Morgan fingerprint density at radius 2 is 1.90 bits per heavy atom. The molecule has 0 aliphatic heterocycles. The molecular weight excluding hydrogens is 397 g/mol. The van der Waals surface area contributed by atoms with Gasteiger partial charge in [-0.15, -0.1) is 0 Å². The van der Waals surface area contributed by atoms with Crippen molar-refractivity contribution in [2.24, 2.45) is 5.92 Å². The van der Waals surface area contributed by atoms with Crippen molar-refractivity contribution in [1.29, 1.82) is 0 Å². The number of ether oxygens (including phenoxy) is 1. The van der Waals surface area contributed by atoms with Crippen molar-refractivity contribution in [3.05, 3.63) is 48.8 Å². The van der Waals surface area contributed by atoms with Crippen LogP contribution >= 0.6 is 0 Å². The highest BCUT2D eigenvalue weighted by atomic mass is 19.1. The van der Waals surface area contributed by atoms with Gasteiger partial charge < -0.3 is 20.1 Å². The SMILES string of the molecule is CC(C)(F)C(=O)O.CC(C)CCNCCOc1cccc(-c2ccc3nc[nH]c3c2)c1. The number of nitrogens with one attached hydrogen (secondary N) is 2. The molecule has 6 nitrogen and oxygen atoms in total. The Balaban J connectivity index is 0.000000423. The minimum Gasteiger partial charge on any atom is -0.492 e. The van der Waals surface area contributed by atoms with Crippen LogP contribution in [0, 0.1) is 5.92 Å². The summed E-state index contributed by atoms with van der Waals surface area (Å²) in [4.78, 5) is 17.1. The lowest BCUT2D eigenvalue weighted by Crippen LogP contribution is -2.24. The highest BCUT2D eigenvalue weighted by Crippen LogP contribution is 2.26. The van der Waals surface area contributed by atoms with Gasteiger partial charge in [0.2, 0.25) is 5.67 Å². The van der Waals surface area contributed by atoms with Crippen LogP contribution in [0.3, 0.4) is 0 Å². The van der Waals surface area contributed by atoms with Crippen LogP contribution in [-0.2, 0) is 4.79 Å². The van der Waals surface area contributed by atoms with Crippen molar-refractivity contribution in [1.82, 2.24) is 15.3 Å². The van der Waals surface area contributed by atoms with E-state index in [9.17, 15) is 9.18 Å². The molecule has 0 fully saturated rings. The largest absolute Gasteiger partial charge is 0.492 e. The van der Waals surface area contributed by atoms with Crippen LogP contribution < -0.4 is 10.1 Å². The summed E-state index contributed by atoms with van der Waals surface area (Å²) in [5, 5.41) is 11.3. The number of halogens is 1. The number of hydrogen-bond acceptors (Lipinski definition) is 4. The third-order valence-electron chi connectivity index (χ3n) is 4.54. The average molecular weight is 430 g/mol. The van der Waals surface area contributed by atoms with Crippen molar-refractivity contribution in [3.63, 3.8) is 0 Å². The summed E-state index contributed by atoms with van der Waals surface area (Å²) in [6.45, 7) is 9.07. The van der Waals surface area contributed by atoms with Gasteiger partial charge in [0.1, 0.15) is 12.4 Å². The van der Waals surface area contributed by atoms with E-state index < -0.39 is 11.6 Å². The predicted molar refractivity (Wildman–Crippen MR) is 122 cm³/mol. The molecule has 168 valence electrons. The van der Waals surface area contributed by atoms with E-state index in [-0.39, 0.29) is 0 Å². The number of aromatic nitrogens is 2. The summed E-state index contributed by atoms with van der Waals surface area (Å²) in [5.74, 6) is 0.220. The monoisotopic (exact) mass is 429 g/mol. The van der Waals surface area contributed by atoms with Gasteiger partial charge >= 0.3 is 5.97 Å². The second-order valence-corrected chi connectivity index (χ2v) is 8.22. The fourth-order valence-electron chi connectivity index (χ4n) is 2.64. The minimum absolute atomic E-state index is 0.682. The van der Waals surface area contributed by atoms with Gasteiger partial charge in [-0.3, -0.25) is 0 Å². The molecule has 7 heteroatoms. The minimum atomic E-state index is -2.08. The molecule has 0 aliphatic carbocycles. The number of carbonyl (C=O) groups is 1. The summed E-state index contributed by atoms with van der Waals surface area (Å²) in [5.41, 5.74) is 2.26. The molecule has 2 aromatic carbocycles. The summed E-state index contributed by atoms with van der Waals surface area (Å²) < 4.78 is 17.8. The normalized spacial score (nSPS) is 11.3. The Morgan fingerprint density at radius 3 is 2.58 bits per heavy atom. The van der Waals surface area contributed by atoms with Gasteiger partial charge in [-0.1, -0.05) is 32.0 Å². The second-order valence-electron chi connectivity index (χ2n) is 8.22. The van der Waals surface area contributed by atoms with E-state index in [0.29, 0.717) is 6.61 Å². The van der Waals surface area contributed by atoms with Gasteiger partial charge in [0.15, 0.2) is 0 Å². The standard InChI is InChI=1S/C20H25N3O.C4H7FO2/c1-15(2)8-9-21-10-11-24-18-5-3-4-16(12-18)17-6-7-19-20(13-17)23-14-22-19;1-4(2,5)3(6)7/h3-7,12-15,21H,8-11H2,1-2H3,(H,22,23);1-2H3,(H,6,7). The van der Waals surface area contributed by atoms with Crippen LogP contribution in [0.1, 0.15) is 34.1 Å². The first-order valence-corrected chi connectivity index (χ1v) is 10.5. The summed E-state index contributed by atoms with van der Waals surface area (Å²) in [6.07, 6.45) is 2.92. The number of rotatable bonds is 9. The number of carboxylic acid groups (broad SMARTS) is 1. The van der Waals surface area contributed by atoms with E-state index in [2.05, 4.69) is 53.4 Å².